The molecule has 0 spiro atoms. The van der Waals surface area contributed by atoms with Gasteiger partial charge < -0.3 is 10.3 Å². The molecule has 2 aromatic rings. The fraction of sp³-hybridized carbons (Fsp3) is 0.308. The zero-order valence-corrected chi connectivity index (χ0v) is 9.66. The molecule has 1 heterocycles. The summed E-state index contributed by atoms with van der Waals surface area (Å²) in [5.74, 6) is 1.36. The van der Waals surface area contributed by atoms with Gasteiger partial charge in [0.1, 0.15) is 5.76 Å². The average molecular weight is 216 g/mol. The molecule has 3 nitrogen and oxygen atoms in total. The number of nitrogens with zero attached hydrogens (tertiary/aromatic N) is 1. The number of aromatic nitrogens is 1. The first kappa shape index (κ1) is 10.7. The van der Waals surface area contributed by atoms with Crippen LogP contribution in [0.1, 0.15) is 24.7 Å². The van der Waals surface area contributed by atoms with Crippen LogP contribution in [0.15, 0.2) is 28.8 Å². The van der Waals surface area contributed by atoms with Crippen molar-refractivity contribution in [1.82, 2.24) is 5.16 Å². The van der Waals surface area contributed by atoms with Crippen molar-refractivity contribution < 1.29 is 4.52 Å². The lowest BCUT2D eigenvalue weighted by molar-refractivity contribution is 0.385. The second-order valence-electron chi connectivity index (χ2n) is 3.98. The number of benzene rings is 1. The van der Waals surface area contributed by atoms with Gasteiger partial charge in [0.05, 0.1) is 5.56 Å². The van der Waals surface area contributed by atoms with Gasteiger partial charge in [-0.3, -0.25) is 0 Å². The largest absolute Gasteiger partial charge is 0.380 e. The molecule has 2 N–H and O–H groups in total. The molecule has 0 radical (unpaired) electrons. The second kappa shape index (κ2) is 4.39. The first-order chi connectivity index (χ1) is 7.72. The first-order valence-corrected chi connectivity index (χ1v) is 5.53. The van der Waals surface area contributed by atoms with Crippen LogP contribution in [0.2, 0.25) is 0 Å². The van der Waals surface area contributed by atoms with Gasteiger partial charge in [-0.1, -0.05) is 41.9 Å². The van der Waals surface area contributed by atoms with Gasteiger partial charge in [0, 0.05) is 6.42 Å². The van der Waals surface area contributed by atoms with Crippen molar-refractivity contribution >= 4 is 5.82 Å². The molecule has 0 saturated carbocycles. The highest BCUT2D eigenvalue weighted by Gasteiger charge is 2.14. The van der Waals surface area contributed by atoms with Crippen LogP contribution in [-0.4, -0.2) is 5.16 Å². The standard InChI is InChI=1S/C13H16N2O/c1-3-4-11-12(13(14)15-16-11)10-7-5-9(2)6-8-10/h5-8H,3-4H2,1-2H3,(H2,14,15). The third-order valence-electron chi connectivity index (χ3n) is 2.61. The van der Waals surface area contributed by atoms with Crippen molar-refractivity contribution in [3.63, 3.8) is 0 Å². The molecule has 0 aliphatic rings. The van der Waals surface area contributed by atoms with Crippen LogP contribution in [0.25, 0.3) is 11.1 Å². The summed E-state index contributed by atoms with van der Waals surface area (Å²) in [6, 6.07) is 8.24. The van der Waals surface area contributed by atoms with E-state index in [1.807, 2.05) is 0 Å². The SMILES string of the molecule is CCCc1onc(N)c1-c1ccc(C)cc1. The van der Waals surface area contributed by atoms with Crippen LogP contribution in [0, 0.1) is 6.92 Å². The van der Waals surface area contributed by atoms with E-state index in [-0.39, 0.29) is 0 Å². The van der Waals surface area contributed by atoms with E-state index >= 15 is 0 Å². The predicted octanol–water partition coefficient (Wildman–Crippen LogP) is 3.18. The fourth-order valence-corrected chi connectivity index (χ4v) is 1.77. The Morgan fingerprint density at radius 3 is 2.56 bits per heavy atom. The summed E-state index contributed by atoms with van der Waals surface area (Å²) in [7, 11) is 0. The molecule has 0 fully saturated rings. The Labute approximate surface area is 95.3 Å². The van der Waals surface area contributed by atoms with Gasteiger partial charge in [-0.15, -0.1) is 0 Å². The molecule has 16 heavy (non-hydrogen) atoms. The first-order valence-electron chi connectivity index (χ1n) is 5.53. The van der Waals surface area contributed by atoms with E-state index in [9.17, 15) is 0 Å². The Hall–Kier alpha value is -1.77. The molecule has 84 valence electrons. The number of hydrogen-bond acceptors (Lipinski definition) is 3. The van der Waals surface area contributed by atoms with E-state index in [1.165, 1.54) is 5.56 Å². The summed E-state index contributed by atoms with van der Waals surface area (Å²) in [5.41, 5.74) is 9.09. The number of hydrogen-bond donors (Lipinski definition) is 1. The monoisotopic (exact) mass is 216 g/mol. The number of aryl methyl sites for hydroxylation is 2. The maximum Gasteiger partial charge on any atom is 0.175 e. The summed E-state index contributed by atoms with van der Waals surface area (Å²) in [5, 5.41) is 3.84. The normalized spacial score (nSPS) is 10.6. The summed E-state index contributed by atoms with van der Waals surface area (Å²) < 4.78 is 5.25. The minimum absolute atomic E-state index is 0.479. The summed E-state index contributed by atoms with van der Waals surface area (Å²) in [6.07, 6.45) is 1.89. The smallest absolute Gasteiger partial charge is 0.175 e. The molecule has 1 aromatic heterocycles. The highest BCUT2D eigenvalue weighted by atomic mass is 16.5. The fourth-order valence-electron chi connectivity index (χ4n) is 1.77. The van der Waals surface area contributed by atoms with E-state index in [2.05, 4.69) is 43.3 Å². The number of nitrogen functional groups attached to an aromatic ring is 1. The average Bonchev–Trinajstić information content (AvgIpc) is 2.62. The lowest BCUT2D eigenvalue weighted by atomic mass is 10.0. The van der Waals surface area contributed by atoms with Crippen molar-refractivity contribution in [3.8, 4) is 11.1 Å². The maximum atomic E-state index is 5.84. The Morgan fingerprint density at radius 1 is 1.25 bits per heavy atom. The minimum Gasteiger partial charge on any atom is -0.380 e. The van der Waals surface area contributed by atoms with Gasteiger partial charge in [-0.05, 0) is 18.9 Å². The molecule has 3 heteroatoms. The molecule has 0 bridgehead atoms. The van der Waals surface area contributed by atoms with E-state index in [0.717, 1.165) is 29.7 Å². The van der Waals surface area contributed by atoms with Crippen molar-refractivity contribution in [3.05, 3.63) is 35.6 Å². The Bertz CT molecular complexity index is 471. The predicted molar refractivity (Wildman–Crippen MR) is 65.1 cm³/mol. The van der Waals surface area contributed by atoms with E-state index in [1.54, 1.807) is 0 Å². The number of nitrogens with two attached hydrogens (primary N) is 1. The van der Waals surface area contributed by atoms with Gasteiger partial charge in [0.25, 0.3) is 0 Å². The molecule has 1 aromatic carbocycles. The van der Waals surface area contributed by atoms with Gasteiger partial charge in [0.2, 0.25) is 0 Å². The molecule has 0 aliphatic heterocycles. The Balaban J connectivity index is 2.45. The Morgan fingerprint density at radius 2 is 1.94 bits per heavy atom. The Kier molecular flexibility index (Phi) is 2.95. The second-order valence-corrected chi connectivity index (χ2v) is 3.98. The zero-order valence-electron chi connectivity index (χ0n) is 9.66. The van der Waals surface area contributed by atoms with Crippen LogP contribution >= 0.6 is 0 Å². The van der Waals surface area contributed by atoms with Gasteiger partial charge in [-0.2, -0.15) is 0 Å². The van der Waals surface area contributed by atoms with E-state index < -0.39 is 0 Å². The summed E-state index contributed by atoms with van der Waals surface area (Å²) >= 11 is 0. The molecule has 0 amide bonds. The van der Waals surface area contributed by atoms with E-state index in [4.69, 9.17) is 10.3 Å². The third-order valence-corrected chi connectivity index (χ3v) is 2.61. The third kappa shape index (κ3) is 1.94. The van der Waals surface area contributed by atoms with Crippen molar-refractivity contribution in [2.75, 3.05) is 5.73 Å². The molecular weight excluding hydrogens is 200 g/mol. The van der Waals surface area contributed by atoms with Crippen LogP contribution < -0.4 is 5.73 Å². The van der Waals surface area contributed by atoms with Gasteiger partial charge in [0.15, 0.2) is 5.82 Å². The van der Waals surface area contributed by atoms with E-state index in [0.29, 0.717) is 5.82 Å². The maximum absolute atomic E-state index is 5.84. The van der Waals surface area contributed by atoms with Crippen LogP contribution in [-0.2, 0) is 6.42 Å². The lowest BCUT2D eigenvalue weighted by Gasteiger charge is -2.02. The summed E-state index contributed by atoms with van der Waals surface area (Å²) in [4.78, 5) is 0. The minimum atomic E-state index is 0.479. The van der Waals surface area contributed by atoms with Crippen LogP contribution in [0.4, 0.5) is 5.82 Å². The molecule has 0 atom stereocenters. The lowest BCUT2D eigenvalue weighted by Crippen LogP contribution is -1.90. The van der Waals surface area contributed by atoms with Crippen molar-refractivity contribution in [1.29, 1.82) is 0 Å². The van der Waals surface area contributed by atoms with Crippen LogP contribution in [0.3, 0.4) is 0 Å². The highest BCUT2D eigenvalue weighted by molar-refractivity contribution is 5.75. The number of rotatable bonds is 3. The quantitative estimate of drug-likeness (QED) is 0.857. The number of anilines is 1. The topological polar surface area (TPSA) is 52.0 Å². The molecule has 2 rings (SSSR count). The molecule has 0 aliphatic carbocycles. The van der Waals surface area contributed by atoms with Crippen molar-refractivity contribution in [2.24, 2.45) is 0 Å². The summed E-state index contributed by atoms with van der Waals surface area (Å²) in [6.45, 7) is 4.17. The molecular formula is C13H16N2O. The molecule has 0 unspecified atom stereocenters. The van der Waals surface area contributed by atoms with Gasteiger partial charge in [-0.25, -0.2) is 0 Å². The van der Waals surface area contributed by atoms with Gasteiger partial charge >= 0.3 is 0 Å². The van der Waals surface area contributed by atoms with Crippen LogP contribution in [0.5, 0.6) is 0 Å². The highest BCUT2D eigenvalue weighted by Crippen LogP contribution is 2.30. The zero-order chi connectivity index (χ0) is 11.5. The van der Waals surface area contributed by atoms with Crippen molar-refractivity contribution in [2.45, 2.75) is 26.7 Å². The molecule has 0 saturated heterocycles.